The lowest BCUT2D eigenvalue weighted by Crippen LogP contribution is -2.10. The number of nitrogens with zero attached hydrogens (tertiary/aromatic N) is 1. The van der Waals surface area contributed by atoms with Crippen LogP contribution >= 0.6 is 27.5 Å². The van der Waals surface area contributed by atoms with Crippen molar-refractivity contribution in [2.45, 2.75) is 5.88 Å². The summed E-state index contributed by atoms with van der Waals surface area (Å²) < 4.78 is 6.40. The predicted molar refractivity (Wildman–Crippen MR) is 84.8 cm³/mol. The van der Waals surface area contributed by atoms with Gasteiger partial charge in [0.25, 0.3) is 0 Å². The Morgan fingerprint density at radius 2 is 1.95 bits per heavy atom. The van der Waals surface area contributed by atoms with Crippen LogP contribution in [0.3, 0.4) is 0 Å². The molecule has 0 bridgehead atoms. The molecular weight excluding hydrogens is 326 g/mol. The van der Waals surface area contributed by atoms with Crippen molar-refractivity contribution in [1.82, 2.24) is 0 Å². The highest BCUT2D eigenvalue weighted by Crippen LogP contribution is 2.34. The van der Waals surface area contributed by atoms with Crippen molar-refractivity contribution in [3.8, 4) is 5.75 Å². The molecule has 2 nitrogen and oxygen atoms in total. The molecule has 0 aliphatic carbocycles. The van der Waals surface area contributed by atoms with Crippen LogP contribution in [-0.2, 0) is 5.88 Å². The number of halogens is 2. The topological polar surface area (TPSA) is 12.5 Å². The fourth-order valence-corrected chi connectivity index (χ4v) is 2.80. The van der Waals surface area contributed by atoms with E-state index in [9.17, 15) is 0 Å². The zero-order valence-electron chi connectivity index (χ0n) is 10.9. The van der Waals surface area contributed by atoms with Crippen molar-refractivity contribution in [3.05, 3.63) is 52.5 Å². The van der Waals surface area contributed by atoms with Crippen molar-refractivity contribution in [2.75, 3.05) is 19.1 Å². The molecule has 0 fully saturated rings. The molecule has 0 aliphatic heterocycles. The van der Waals surface area contributed by atoms with E-state index in [-0.39, 0.29) is 0 Å². The number of anilines is 2. The zero-order valence-corrected chi connectivity index (χ0v) is 13.2. The summed E-state index contributed by atoms with van der Waals surface area (Å²) in [6.45, 7) is 0. The quantitative estimate of drug-likeness (QED) is 0.729. The van der Waals surface area contributed by atoms with E-state index < -0.39 is 0 Å². The highest BCUT2D eigenvalue weighted by atomic mass is 79.9. The summed E-state index contributed by atoms with van der Waals surface area (Å²) in [6, 6.07) is 14.1. The predicted octanol–water partition coefficient (Wildman–Crippen LogP) is 4.96. The third kappa shape index (κ3) is 3.04. The summed E-state index contributed by atoms with van der Waals surface area (Å²) >= 11 is 9.41. The zero-order chi connectivity index (χ0) is 13.8. The average Bonchev–Trinajstić information content (AvgIpc) is 2.46. The van der Waals surface area contributed by atoms with Gasteiger partial charge in [-0.3, -0.25) is 0 Å². The van der Waals surface area contributed by atoms with Crippen LogP contribution in [0, 0.1) is 0 Å². The molecular formula is C15H15BrClNO. The molecule has 19 heavy (non-hydrogen) atoms. The van der Waals surface area contributed by atoms with Gasteiger partial charge in [0, 0.05) is 23.1 Å². The Hall–Kier alpha value is -1.19. The van der Waals surface area contributed by atoms with E-state index in [1.54, 1.807) is 7.11 Å². The molecule has 0 saturated carbocycles. The summed E-state index contributed by atoms with van der Waals surface area (Å²) in [5.41, 5.74) is 3.18. The van der Waals surface area contributed by atoms with Gasteiger partial charge in [-0.15, -0.1) is 11.6 Å². The lowest BCUT2D eigenvalue weighted by Gasteiger charge is -2.22. The summed E-state index contributed by atoms with van der Waals surface area (Å²) in [7, 11) is 3.69. The maximum Gasteiger partial charge on any atom is 0.142 e. The Balaban J connectivity index is 2.38. The number of methoxy groups -OCH3 is 1. The van der Waals surface area contributed by atoms with E-state index in [4.69, 9.17) is 16.3 Å². The van der Waals surface area contributed by atoms with Gasteiger partial charge in [-0.25, -0.2) is 0 Å². The molecule has 2 aromatic carbocycles. The number of benzene rings is 2. The third-order valence-corrected chi connectivity index (χ3v) is 4.04. The Labute approximate surface area is 127 Å². The first-order valence-corrected chi connectivity index (χ1v) is 7.21. The minimum Gasteiger partial charge on any atom is -0.495 e. The molecule has 0 unspecified atom stereocenters. The summed E-state index contributed by atoms with van der Waals surface area (Å²) in [4.78, 5) is 2.08. The van der Waals surface area contributed by atoms with Gasteiger partial charge in [-0.2, -0.15) is 0 Å². The standard InChI is InChI=1S/C15H15BrClNO/c1-18(14-5-3-4-6-15(14)19-2)12-8-7-11(10-17)13(16)9-12/h3-9H,10H2,1-2H3. The molecule has 0 amide bonds. The second-order valence-corrected chi connectivity index (χ2v) is 5.26. The second kappa shape index (κ2) is 6.31. The van der Waals surface area contributed by atoms with Gasteiger partial charge in [0.05, 0.1) is 12.8 Å². The van der Waals surface area contributed by atoms with Crippen molar-refractivity contribution in [3.63, 3.8) is 0 Å². The lowest BCUT2D eigenvalue weighted by atomic mass is 10.2. The van der Waals surface area contributed by atoms with Gasteiger partial charge in [0.2, 0.25) is 0 Å². The maximum atomic E-state index is 5.87. The van der Waals surface area contributed by atoms with Gasteiger partial charge >= 0.3 is 0 Å². The van der Waals surface area contributed by atoms with Gasteiger partial charge in [-0.1, -0.05) is 34.1 Å². The van der Waals surface area contributed by atoms with Crippen LogP contribution in [0.2, 0.25) is 0 Å². The number of rotatable bonds is 4. The normalized spacial score (nSPS) is 10.3. The van der Waals surface area contributed by atoms with Gasteiger partial charge in [-0.05, 0) is 29.8 Å². The summed E-state index contributed by atoms with van der Waals surface area (Å²) in [5, 5.41) is 0. The minimum atomic E-state index is 0.499. The van der Waals surface area contributed by atoms with Crippen LogP contribution in [-0.4, -0.2) is 14.2 Å². The summed E-state index contributed by atoms with van der Waals surface area (Å²) in [6.07, 6.45) is 0. The van der Waals surface area contributed by atoms with Crippen LogP contribution in [0.25, 0.3) is 0 Å². The first-order valence-electron chi connectivity index (χ1n) is 5.88. The van der Waals surface area contributed by atoms with Gasteiger partial charge in [0.15, 0.2) is 0 Å². The number of para-hydroxylation sites is 2. The smallest absolute Gasteiger partial charge is 0.142 e. The highest BCUT2D eigenvalue weighted by Gasteiger charge is 2.10. The fraction of sp³-hybridized carbons (Fsp3) is 0.200. The molecule has 2 aromatic rings. The monoisotopic (exact) mass is 339 g/mol. The molecule has 0 aliphatic rings. The van der Waals surface area contributed by atoms with Gasteiger partial charge < -0.3 is 9.64 Å². The van der Waals surface area contributed by atoms with E-state index in [0.717, 1.165) is 27.2 Å². The number of hydrogen-bond acceptors (Lipinski definition) is 2. The largest absolute Gasteiger partial charge is 0.495 e. The lowest BCUT2D eigenvalue weighted by molar-refractivity contribution is 0.415. The molecule has 100 valence electrons. The Morgan fingerprint density at radius 3 is 2.58 bits per heavy atom. The van der Waals surface area contributed by atoms with Crippen LogP contribution in [0.15, 0.2) is 46.9 Å². The van der Waals surface area contributed by atoms with E-state index in [1.807, 2.05) is 37.4 Å². The molecule has 0 saturated heterocycles. The van der Waals surface area contributed by atoms with Crippen LogP contribution in [0.5, 0.6) is 5.75 Å². The Morgan fingerprint density at radius 1 is 1.21 bits per heavy atom. The highest BCUT2D eigenvalue weighted by molar-refractivity contribution is 9.10. The number of alkyl halides is 1. The van der Waals surface area contributed by atoms with Crippen LogP contribution < -0.4 is 9.64 Å². The first-order chi connectivity index (χ1) is 9.17. The minimum absolute atomic E-state index is 0.499. The number of ether oxygens (including phenoxy) is 1. The van der Waals surface area contributed by atoms with Crippen LogP contribution in [0.1, 0.15) is 5.56 Å². The van der Waals surface area contributed by atoms with Crippen molar-refractivity contribution < 1.29 is 4.74 Å². The van der Waals surface area contributed by atoms with Crippen LogP contribution in [0.4, 0.5) is 11.4 Å². The molecule has 0 atom stereocenters. The Kier molecular flexibility index (Phi) is 4.72. The second-order valence-electron chi connectivity index (χ2n) is 4.14. The van der Waals surface area contributed by atoms with E-state index >= 15 is 0 Å². The molecule has 0 N–H and O–H groups in total. The van der Waals surface area contributed by atoms with E-state index in [2.05, 4.69) is 33.0 Å². The number of hydrogen-bond donors (Lipinski definition) is 0. The first kappa shape index (κ1) is 14.2. The van der Waals surface area contributed by atoms with Crippen molar-refractivity contribution in [2.24, 2.45) is 0 Å². The molecule has 0 heterocycles. The Bertz CT molecular complexity index is 574. The summed E-state index contributed by atoms with van der Waals surface area (Å²) in [5.74, 6) is 1.35. The third-order valence-electron chi connectivity index (χ3n) is 3.01. The average molecular weight is 341 g/mol. The molecule has 2 rings (SSSR count). The van der Waals surface area contributed by atoms with E-state index in [1.165, 1.54) is 0 Å². The molecule has 4 heteroatoms. The van der Waals surface area contributed by atoms with Crippen molar-refractivity contribution in [1.29, 1.82) is 0 Å². The fourth-order valence-electron chi connectivity index (χ4n) is 1.90. The van der Waals surface area contributed by atoms with E-state index in [0.29, 0.717) is 5.88 Å². The van der Waals surface area contributed by atoms with Gasteiger partial charge in [0.1, 0.15) is 5.75 Å². The molecule has 0 spiro atoms. The maximum absolute atomic E-state index is 5.87. The SMILES string of the molecule is COc1ccccc1N(C)c1ccc(CCl)c(Br)c1. The van der Waals surface area contributed by atoms with Crippen molar-refractivity contribution >= 4 is 38.9 Å². The molecule has 0 radical (unpaired) electrons. The molecule has 0 aromatic heterocycles.